The summed E-state index contributed by atoms with van der Waals surface area (Å²) in [7, 11) is -3.78. The third-order valence-corrected chi connectivity index (χ3v) is 4.92. The van der Waals surface area contributed by atoms with E-state index in [2.05, 4.69) is 5.32 Å². The first-order valence-corrected chi connectivity index (χ1v) is 8.51. The van der Waals surface area contributed by atoms with Crippen molar-refractivity contribution >= 4 is 44.3 Å². The van der Waals surface area contributed by atoms with E-state index in [9.17, 15) is 8.42 Å². The molecule has 20 heavy (non-hydrogen) atoms. The Bertz CT molecular complexity index is 713. The van der Waals surface area contributed by atoms with Gasteiger partial charge < -0.3 is 11.1 Å². The second kappa shape index (κ2) is 6.01. The SMILES string of the molecule is Nc1cc(NCCc2ccc(Cl)s2)ccc1S(N)(=O)=O. The summed E-state index contributed by atoms with van der Waals surface area (Å²) in [6.45, 7) is 0.699. The summed E-state index contributed by atoms with van der Waals surface area (Å²) in [5.74, 6) is 0. The molecule has 108 valence electrons. The van der Waals surface area contributed by atoms with Gasteiger partial charge in [0, 0.05) is 17.1 Å². The van der Waals surface area contributed by atoms with Gasteiger partial charge in [-0.25, -0.2) is 13.6 Å². The third kappa shape index (κ3) is 3.86. The van der Waals surface area contributed by atoms with Crippen LogP contribution in [0.3, 0.4) is 0 Å². The molecule has 0 bridgehead atoms. The highest BCUT2D eigenvalue weighted by Crippen LogP contribution is 2.23. The van der Waals surface area contributed by atoms with Gasteiger partial charge in [0.2, 0.25) is 10.0 Å². The van der Waals surface area contributed by atoms with E-state index in [1.165, 1.54) is 22.3 Å². The number of sulfonamides is 1. The van der Waals surface area contributed by atoms with Crippen LogP contribution in [0.5, 0.6) is 0 Å². The number of rotatable bonds is 5. The highest BCUT2D eigenvalue weighted by atomic mass is 35.5. The van der Waals surface area contributed by atoms with Crippen LogP contribution in [0.1, 0.15) is 4.88 Å². The number of nitrogens with two attached hydrogens (primary N) is 2. The summed E-state index contributed by atoms with van der Waals surface area (Å²) in [5, 5.41) is 8.22. The number of halogens is 1. The molecule has 0 aliphatic heterocycles. The van der Waals surface area contributed by atoms with Crippen molar-refractivity contribution in [3.05, 3.63) is 39.5 Å². The lowest BCUT2D eigenvalue weighted by atomic mass is 10.2. The molecule has 8 heteroatoms. The Balaban J connectivity index is 1.99. The molecule has 5 nitrogen and oxygen atoms in total. The van der Waals surface area contributed by atoms with E-state index in [0.717, 1.165) is 16.4 Å². The number of hydrogen-bond donors (Lipinski definition) is 3. The maximum Gasteiger partial charge on any atom is 0.240 e. The minimum atomic E-state index is -3.78. The molecule has 0 aliphatic carbocycles. The Morgan fingerprint density at radius 1 is 1.25 bits per heavy atom. The average molecular weight is 332 g/mol. The van der Waals surface area contributed by atoms with Crippen LogP contribution >= 0.6 is 22.9 Å². The summed E-state index contributed by atoms with van der Waals surface area (Å²) in [6, 6.07) is 8.43. The molecule has 5 N–H and O–H groups in total. The van der Waals surface area contributed by atoms with Crippen molar-refractivity contribution in [1.29, 1.82) is 0 Å². The van der Waals surface area contributed by atoms with Gasteiger partial charge in [-0.1, -0.05) is 11.6 Å². The Morgan fingerprint density at radius 3 is 2.55 bits per heavy atom. The molecule has 0 saturated heterocycles. The first kappa shape index (κ1) is 15.1. The van der Waals surface area contributed by atoms with Gasteiger partial charge in [0.15, 0.2) is 0 Å². The molecule has 2 aromatic rings. The van der Waals surface area contributed by atoms with E-state index in [1.54, 1.807) is 12.1 Å². The van der Waals surface area contributed by atoms with Crippen molar-refractivity contribution < 1.29 is 8.42 Å². The van der Waals surface area contributed by atoms with Crippen LogP contribution in [0, 0.1) is 0 Å². The zero-order valence-corrected chi connectivity index (χ0v) is 12.9. The first-order valence-electron chi connectivity index (χ1n) is 5.76. The number of anilines is 2. The summed E-state index contributed by atoms with van der Waals surface area (Å²) in [4.78, 5) is 1.12. The molecule has 0 spiro atoms. The van der Waals surface area contributed by atoms with E-state index in [-0.39, 0.29) is 10.6 Å². The lowest BCUT2D eigenvalue weighted by molar-refractivity contribution is 0.598. The van der Waals surface area contributed by atoms with Crippen molar-refractivity contribution in [2.75, 3.05) is 17.6 Å². The number of primary sulfonamides is 1. The van der Waals surface area contributed by atoms with Gasteiger partial charge in [-0.2, -0.15) is 0 Å². The number of thiophene rings is 1. The fraction of sp³-hybridized carbons (Fsp3) is 0.167. The molecular formula is C12H14ClN3O2S2. The molecule has 2 rings (SSSR count). The van der Waals surface area contributed by atoms with Crippen molar-refractivity contribution in [3.63, 3.8) is 0 Å². The van der Waals surface area contributed by atoms with E-state index < -0.39 is 10.0 Å². The van der Waals surface area contributed by atoms with Gasteiger partial charge in [-0.05, 0) is 36.8 Å². The summed E-state index contributed by atoms with van der Waals surface area (Å²) < 4.78 is 23.2. The summed E-state index contributed by atoms with van der Waals surface area (Å²) >= 11 is 7.39. The minimum absolute atomic E-state index is 0.0620. The molecule has 1 aromatic carbocycles. The van der Waals surface area contributed by atoms with E-state index in [1.807, 2.05) is 12.1 Å². The molecule has 0 unspecified atom stereocenters. The second-order valence-electron chi connectivity index (χ2n) is 4.18. The number of benzene rings is 1. The molecule has 0 amide bonds. The first-order chi connectivity index (χ1) is 9.36. The molecule has 1 heterocycles. The van der Waals surface area contributed by atoms with Crippen molar-refractivity contribution in [2.24, 2.45) is 5.14 Å². The Hall–Kier alpha value is -1.28. The monoisotopic (exact) mass is 331 g/mol. The lowest BCUT2D eigenvalue weighted by Crippen LogP contribution is -2.14. The largest absolute Gasteiger partial charge is 0.398 e. The third-order valence-electron chi connectivity index (χ3n) is 2.65. The molecule has 0 saturated carbocycles. The summed E-state index contributed by atoms with van der Waals surface area (Å²) in [6.07, 6.45) is 0.828. The minimum Gasteiger partial charge on any atom is -0.398 e. The number of hydrogen-bond acceptors (Lipinski definition) is 5. The molecule has 0 fully saturated rings. The van der Waals surface area contributed by atoms with Gasteiger partial charge in [0.05, 0.1) is 10.0 Å². The van der Waals surface area contributed by atoms with Crippen LogP contribution in [-0.4, -0.2) is 15.0 Å². The van der Waals surface area contributed by atoms with Gasteiger partial charge in [0.1, 0.15) is 4.90 Å². The van der Waals surface area contributed by atoms with E-state index >= 15 is 0 Å². The normalized spacial score (nSPS) is 11.5. The predicted molar refractivity (Wildman–Crippen MR) is 83.8 cm³/mol. The zero-order chi connectivity index (χ0) is 14.8. The van der Waals surface area contributed by atoms with Crippen molar-refractivity contribution in [1.82, 2.24) is 0 Å². The van der Waals surface area contributed by atoms with Crippen LogP contribution in [-0.2, 0) is 16.4 Å². The fourth-order valence-corrected chi connectivity index (χ4v) is 3.47. The van der Waals surface area contributed by atoms with Crippen LogP contribution in [0.25, 0.3) is 0 Å². The van der Waals surface area contributed by atoms with Crippen molar-refractivity contribution in [3.8, 4) is 0 Å². The Kier molecular flexibility index (Phi) is 4.54. The van der Waals surface area contributed by atoms with Crippen LogP contribution < -0.4 is 16.2 Å². The van der Waals surface area contributed by atoms with Gasteiger partial charge in [-0.15, -0.1) is 11.3 Å². The van der Waals surface area contributed by atoms with Crippen LogP contribution in [0.15, 0.2) is 35.2 Å². The Labute approximate surface area is 126 Å². The quantitative estimate of drug-likeness (QED) is 0.732. The van der Waals surface area contributed by atoms with E-state index in [4.69, 9.17) is 22.5 Å². The molecule has 0 aliphatic rings. The van der Waals surface area contributed by atoms with Crippen molar-refractivity contribution in [2.45, 2.75) is 11.3 Å². The van der Waals surface area contributed by atoms with Gasteiger partial charge >= 0.3 is 0 Å². The molecule has 0 radical (unpaired) electrons. The van der Waals surface area contributed by atoms with Crippen LogP contribution in [0.2, 0.25) is 4.34 Å². The maximum atomic E-state index is 11.2. The van der Waals surface area contributed by atoms with Crippen LogP contribution in [0.4, 0.5) is 11.4 Å². The summed E-state index contributed by atoms with van der Waals surface area (Å²) in [5.41, 5.74) is 6.56. The molecular weight excluding hydrogens is 318 g/mol. The molecule has 1 aromatic heterocycles. The van der Waals surface area contributed by atoms with Gasteiger partial charge in [0.25, 0.3) is 0 Å². The number of nitrogen functional groups attached to an aromatic ring is 1. The second-order valence-corrected chi connectivity index (χ2v) is 7.51. The highest BCUT2D eigenvalue weighted by molar-refractivity contribution is 7.89. The smallest absolute Gasteiger partial charge is 0.240 e. The number of nitrogens with one attached hydrogen (secondary N) is 1. The maximum absolute atomic E-state index is 11.2. The predicted octanol–water partition coefficient (Wildman–Crippen LogP) is 2.29. The topological polar surface area (TPSA) is 98.2 Å². The van der Waals surface area contributed by atoms with E-state index in [0.29, 0.717) is 6.54 Å². The average Bonchev–Trinajstić information content (AvgIpc) is 2.73. The standard InChI is InChI=1S/C12H14ClN3O2S2/c13-12-4-2-9(19-12)5-6-16-8-1-3-11(10(14)7-8)20(15,17)18/h1-4,7,16H,5-6,14H2,(H2,15,17,18). The zero-order valence-electron chi connectivity index (χ0n) is 10.5. The van der Waals surface area contributed by atoms with Gasteiger partial charge in [-0.3, -0.25) is 0 Å². The lowest BCUT2D eigenvalue weighted by Gasteiger charge is -2.08. The molecule has 0 atom stereocenters. The Morgan fingerprint density at radius 2 is 2.00 bits per heavy atom. The fourth-order valence-electron chi connectivity index (χ4n) is 1.73. The highest BCUT2D eigenvalue weighted by Gasteiger charge is 2.12.